The molecule has 17 heavy (non-hydrogen) atoms. The van der Waals surface area contributed by atoms with Crippen molar-refractivity contribution in [2.45, 2.75) is 13.0 Å². The number of H-pyrrole nitrogens is 1. The van der Waals surface area contributed by atoms with Gasteiger partial charge in [-0.15, -0.1) is 0 Å². The summed E-state index contributed by atoms with van der Waals surface area (Å²) in [6.07, 6.45) is 1.77. The molecule has 1 amide bonds. The monoisotopic (exact) mass is 294 g/mol. The van der Waals surface area contributed by atoms with Crippen LogP contribution in [-0.2, 0) is 17.8 Å². The maximum absolute atomic E-state index is 11.6. The Morgan fingerprint density at radius 1 is 1.47 bits per heavy atom. The lowest BCUT2D eigenvalue weighted by molar-refractivity contribution is -0.120. The zero-order valence-electron chi connectivity index (χ0n) is 8.98. The van der Waals surface area contributed by atoms with Crippen LogP contribution in [0.3, 0.4) is 0 Å². The van der Waals surface area contributed by atoms with E-state index in [4.69, 9.17) is 0 Å². The molecule has 0 saturated carbocycles. The summed E-state index contributed by atoms with van der Waals surface area (Å²) in [6, 6.07) is 7.67. The van der Waals surface area contributed by atoms with Crippen molar-refractivity contribution in [3.8, 4) is 0 Å². The molecule has 6 heteroatoms. The van der Waals surface area contributed by atoms with Gasteiger partial charge in [0.1, 0.15) is 12.2 Å². The summed E-state index contributed by atoms with van der Waals surface area (Å²) in [7, 11) is 0. The van der Waals surface area contributed by atoms with Gasteiger partial charge in [-0.1, -0.05) is 28.1 Å². The summed E-state index contributed by atoms with van der Waals surface area (Å²) in [4.78, 5) is 15.6. The number of nitrogens with one attached hydrogen (secondary N) is 2. The van der Waals surface area contributed by atoms with E-state index in [1.807, 2.05) is 24.3 Å². The summed E-state index contributed by atoms with van der Waals surface area (Å²) in [5.74, 6) is 0.604. The molecule has 5 nitrogen and oxygen atoms in total. The first-order valence-corrected chi connectivity index (χ1v) is 5.89. The summed E-state index contributed by atoms with van der Waals surface area (Å²) >= 11 is 3.37. The number of carbonyl (C=O) groups is 1. The van der Waals surface area contributed by atoms with Crippen LogP contribution in [0.25, 0.3) is 0 Å². The number of aromatic nitrogens is 3. The lowest BCUT2D eigenvalue weighted by Crippen LogP contribution is -2.25. The Kier molecular flexibility index (Phi) is 3.87. The molecule has 1 heterocycles. The minimum Gasteiger partial charge on any atom is -0.349 e. The van der Waals surface area contributed by atoms with E-state index in [0.717, 1.165) is 10.0 Å². The van der Waals surface area contributed by atoms with Crippen molar-refractivity contribution in [2.24, 2.45) is 0 Å². The normalized spacial score (nSPS) is 10.2. The third kappa shape index (κ3) is 3.67. The Morgan fingerprint density at radius 3 is 3.06 bits per heavy atom. The Bertz CT molecular complexity index is 498. The first kappa shape index (κ1) is 11.8. The van der Waals surface area contributed by atoms with Gasteiger partial charge < -0.3 is 5.32 Å². The van der Waals surface area contributed by atoms with Crippen molar-refractivity contribution in [1.29, 1.82) is 0 Å². The van der Waals surface area contributed by atoms with Crippen molar-refractivity contribution >= 4 is 21.8 Å². The van der Waals surface area contributed by atoms with Gasteiger partial charge in [0.15, 0.2) is 0 Å². The minimum atomic E-state index is -0.0421. The molecule has 88 valence electrons. The van der Waals surface area contributed by atoms with E-state index in [2.05, 4.69) is 36.4 Å². The molecule has 0 aliphatic rings. The molecule has 2 aromatic rings. The van der Waals surface area contributed by atoms with Crippen LogP contribution in [-0.4, -0.2) is 21.1 Å². The molecule has 0 aliphatic heterocycles. The highest BCUT2D eigenvalue weighted by Gasteiger charge is 2.04. The standard InChI is InChI=1S/C11H11BrN4O/c12-9-3-1-2-8(4-9)5-11(17)13-6-10-14-7-15-16-10/h1-4,7H,5-6H2,(H,13,17)(H,14,15,16). The predicted molar refractivity (Wildman–Crippen MR) is 66.1 cm³/mol. The number of benzene rings is 1. The molecular formula is C11H11BrN4O. The van der Waals surface area contributed by atoms with E-state index in [9.17, 15) is 4.79 Å². The Balaban J connectivity index is 1.85. The fraction of sp³-hybridized carbons (Fsp3) is 0.182. The lowest BCUT2D eigenvalue weighted by atomic mass is 10.1. The molecular weight excluding hydrogens is 284 g/mol. The van der Waals surface area contributed by atoms with Gasteiger partial charge in [0.05, 0.1) is 13.0 Å². The van der Waals surface area contributed by atoms with Gasteiger partial charge >= 0.3 is 0 Å². The molecule has 0 fully saturated rings. The average molecular weight is 295 g/mol. The highest BCUT2D eigenvalue weighted by Crippen LogP contribution is 2.11. The van der Waals surface area contributed by atoms with Gasteiger partial charge in [-0.2, -0.15) is 5.10 Å². The van der Waals surface area contributed by atoms with Crippen LogP contribution >= 0.6 is 15.9 Å². The highest BCUT2D eigenvalue weighted by atomic mass is 79.9. The first-order valence-electron chi connectivity index (χ1n) is 5.09. The van der Waals surface area contributed by atoms with Crippen LogP contribution in [0.1, 0.15) is 11.4 Å². The summed E-state index contributed by atoms with van der Waals surface area (Å²) in [6.45, 7) is 0.368. The van der Waals surface area contributed by atoms with Crippen molar-refractivity contribution in [3.63, 3.8) is 0 Å². The van der Waals surface area contributed by atoms with Crippen LogP contribution in [0.15, 0.2) is 35.1 Å². The third-order valence-electron chi connectivity index (χ3n) is 2.17. The fourth-order valence-electron chi connectivity index (χ4n) is 1.39. The topological polar surface area (TPSA) is 70.7 Å². The lowest BCUT2D eigenvalue weighted by Gasteiger charge is -2.03. The van der Waals surface area contributed by atoms with Crippen LogP contribution in [0.5, 0.6) is 0 Å². The van der Waals surface area contributed by atoms with Crippen molar-refractivity contribution in [3.05, 3.63) is 46.5 Å². The van der Waals surface area contributed by atoms with E-state index < -0.39 is 0 Å². The minimum absolute atomic E-state index is 0.0421. The van der Waals surface area contributed by atoms with Gasteiger partial charge in [-0.25, -0.2) is 4.98 Å². The van der Waals surface area contributed by atoms with Crippen LogP contribution in [0.4, 0.5) is 0 Å². The highest BCUT2D eigenvalue weighted by molar-refractivity contribution is 9.10. The molecule has 2 rings (SSSR count). The zero-order chi connectivity index (χ0) is 12.1. The largest absolute Gasteiger partial charge is 0.349 e. The fourth-order valence-corrected chi connectivity index (χ4v) is 1.84. The van der Waals surface area contributed by atoms with E-state index in [1.165, 1.54) is 6.33 Å². The summed E-state index contributed by atoms with van der Waals surface area (Å²) in [5, 5.41) is 9.15. The van der Waals surface area contributed by atoms with Gasteiger partial charge in [0.2, 0.25) is 5.91 Å². The van der Waals surface area contributed by atoms with Crippen molar-refractivity contribution in [1.82, 2.24) is 20.5 Å². The summed E-state index contributed by atoms with van der Waals surface area (Å²) in [5.41, 5.74) is 0.967. The van der Waals surface area contributed by atoms with Crippen LogP contribution in [0, 0.1) is 0 Å². The number of hydrogen-bond acceptors (Lipinski definition) is 3. The van der Waals surface area contributed by atoms with E-state index in [1.54, 1.807) is 0 Å². The second-order valence-corrected chi connectivity index (χ2v) is 4.43. The Morgan fingerprint density at radius 2 is 2.35 bits per heavy atom. The number of hydrogen-bond donors (Lipinski definition) is 2. The van der Waals surface area contributed by atoms with Gasteiger partial charge in [-0.05, 0) is 17.7 Å². The third-order valence-corrected chi connectivity index (χ3v) is 2.66. The molecule has 2 N–H and O–H groups in total. The number of amides is 1. The van der Waals surface area contributed by atoms with Crippen molar-refractivity contribution < 1.29 is 4.79 Å². The first-order chi connectivity index (χ1) is 8.24. The summed E-state index contributed by atoms with van der Waals surface area (Å²) < 4.78 is 0.970. The van der Waals surface area contributed by atoms with Gasteiger partial charge in [0, 0.05) is 4.47 Å². The molecule has 1 aromatic carbocycles. The van der Waals surface area contributed by atoms with E-state index >= 15 is 0 Å². The molecule has 1 aromatic heterocycles. The number of carbonyl (C=O) groups excluding carboxylic acids is 1. The molecule has 0 unspecified atom stereocenters. The maximum atomic E-state index is 11.6. The zero-order valence-corrected chi connectivity index (χ0v) is 10.6. The quantitative estimate of drug-likeness (QED) is 0.896. The molecule has 0 bridgehead atoms. The smallest absolute Gasteiger partial charge is 0.224 e. The maximum Gasteiger partial charge on any atom is 0.224 e. The Hall–Kier alpha value is -1.69. The molecule has 0 aliphatic carbocycles. The molecule has 0 spiro atoms. The SMILES string of the molecule is O=C(Cc1cccc(Br)c1)NCc1ncn[nH]1. The van der Waals surface area contributed by atoms with E-state index in [-0.39, 0.29) is 5.91 Å². The molecule has 0 atom stereocenters. The second kappa shape index (κ2) is 5.58. The molecule has 0 saturated heterocycles. The van der Waals surface area contributed by atoms with Crippen molar-refractivity contribution in [2.75, 3.05) is 0 Å². The number of nitrogens with zero attached hydrogens (tertiary/aromatic N) is 2. The number of rotatable bonds is 4. The van der Waals surface area contributed by atoms with Crippen LogP contribution in [0.2, 0.25) is 0 Å². The number of halogens is 1. The van der Waals surface area contributed by atoms with E-state index in [0.29, 0.717) is 18.8 Å². The average Bonchev–Trinajstić information content (AvgIpc) is 2.79. The van der Waals surface area contributed by atoms with Crippen LogP contribution < -0.4 is 5.32 Å². The second-order valence-electron chi connectivity index (χ2n) is 3.52. The molecule has 0 radical (unpaired) electrons. The Labute approximate surface area is 107 Å². The van der Waals surface area contributed by atoms with Gasteiger partial charge in [-0.3, -0.25) is 9.89 Å². The number of aromatic amines is 1. The predicted octanol–water partition coefficient (Wildman–Crippen LogP) is 1.43. The van der Waals surface area contributed by atoms with Gasteiger partial charge in [0.25, 0.3) is 0 Å².